The van der Waals surface area contributed by atoms with Crippen LogP contribution in [0.3, 0.4) is 0 Å². The molecule has 0 aliphatic rings. The molecule has 0 amide bonds. The van der Waals surface area contributed by atoms with Gasteiger partial charge >= 0.3 is 0 Å². The van der Waals surface area contributed by atoms with Gasteiger partial charge in [-0.2, -0.15) is 5.10 Å². The maximum absolute atomic E-state index is 13.6. The number of nitrogens with two attached hydrogens (primary N) is 1. The standard InChI is InChI=1S/C11H13FN4/c12-11-4-2-1-3-10(11)9(5-13)6-16-8-14-7-15-16/h1-4,7-9H,5-6,13H2. The molecule has 0 saturated heterocycles. The lowest BCUT2D eigenvalue weighted by Crippen LogP contribution is -2.19. The van der Waals surface area contributed by atoms with E-state index in [-0.39, 0.29) is 11.7 Å². The first kappa shape index (κ1) is 10.8. The molecule has 2 aromatic rings. The molecular weight excluding hydrogens is 207 g/mol. The van der Waals surface area contributed by atoms with Crippen LogP contribution in [0, 0.1) is 5.82 Å². The molecule has 4 nitrogen and oxygen atoms in total. The second-order valence-corrected chi connectivity index (χ2v) is 3.57. The van der Waals surface area contributed by atoms with Crippen molar-refractivity contribution in [2.75, 3.05) is 6.54 Å². The molecule has 1 unspecified atom stereocenters. The van der Waals surface area contributed by atoms with E-state index in [9.17, 15) is 4.39 Å². The van der Waals surface area contributed by atoms with Crippen molar-refractivity contribution in [3.63, 3.8) is 0 Å². The van der Waals surface area contributed by atoms with E-state index >= 15 is 0 Å². The van der Waals surface area contributed by atoms with Gasteiger partial charge in [0.2, 0.25) is 0 Å². The number of halogens is 1. The third kappa shape index (κ3) is 2.25. The summed E-state index contributed by atoms with van der Waals surface area (Å²) < 4.78 is 15.2. The summed E-state index contributed by atoms with van der Waals surface area (Å²) in [5, 5.41) is 3.99. The van der Waals surface area contributed by atoms with Crippen molar-refractivity contribution in [1.29, 1.82) is 0 Å². The van der Waals surface area contributed by atoms with Gasteiger partial charge in [-0.15, -0.1) is 0 Å². The minimum Gasteiger partial charge on any atom is -0.330 e. The molecule has 0 saturated carbocycles. The summed E-state index contributed by atoms with van der Waals surface area (Å²) >= 11 is 0. The minimum atomic E-state index is -0.224. The smallest absolute Gasteiger partial charge is 0.137 e. The molecule has 0 fully saturated rings. The number of benzene rings is 1. The monoisotopic (exact) mass is 220 g/mol. The van der Waals surface area contributed by atoms with E-state index in [2.05, 4.69) is 10.1 Å². The molecule has 0 bridgehead atoms. The molecule has 1 aromatic heterocycles. The van der Waals surface area contributed by atoms with Crippen LogP contribution in [-0.4, -0.2) is 21.3 Å². The maximum atomic E-state index is 13.6. The van der Waals surface area contributed by atoms with Gasteiger partial charge in [0, 0.05) is 12.5 Å². The summed E-state index contributed by atoms with van der Waals surface area (Å²) in [6.07, 6.45) is 3.05. The molecule has 1 atom stereocenters. The average molecular weight is 220 g/mol. The van der Waals surface area contributed by atoms with E-state index in [0.717, 1.165) is 0 Å². The Balaban J connectivity index is 2.20. The first-order chi connectivity index (χ1) is 7.81. The SMILES string of the molecule is NCC(Cn1cncn1)c1ccccc1F. The summed E-state index contributed by atoms with van der Waals surface area (Å²) in [4.78, 5) is 3.84. The highest BCUT2D eigenvalue weighted by Crippen LogP contribution is 2.19. The van der Waals surface area contributed by atoms with Crippen LogP contribution in [0.25, 0.3) is 0 Å². The zero-order valence-electron chi connectivity index (χ0n) is 8.75. The quantitative estimate of drug-likeness (QED) is 0.841. The Bertz CT molecular complexity index is 441. The highest BCUT2D eigenvalue weighted by atomic mass is 19.1. The zero-order chi connectivity index (χ0) is 11.4. The van der Waals surface area contributed by atoms with Gasteiger partial charge in [-0.1, -0.05) is 18.2 Å². The van der Waals surface area contributed by atoms with Crippen LogP contribution in [-0.2, 0) is 6.54 Å². The van der Waals surface area contributed by atoms with Crippen LogP contribution in [0.2, 0.25) is 0 Å². The third-order valence-electron chi connectivity index (χ3n) is 2.50. The Morgan fingerprint density at radius 3 is 2.81 bits per heavy atom. The number of nitrogens with zero attached hydrogens (tertiary/aromatic N) is 3. The predicted octanol–water partition coefficient (Wildman–Crippen LogP) is 1.16. The van der Waals surface area contributed by atoms with Crippen molar-refractivity contribution in [1.82, 2.24) is 14.8 Å². The van der Waals surface area contributed by atoms with Crippen molar-refractivity contribution < 1.29 is 4.39 Å². The van der Waals surface area contributed by atoms with Gasteiger partial charge < -0.3 is 5.73 Å². The Labute approximate surface area is 92.9 Å². The van der Waals surface area contributed by atoms with Crippen molar-refractivity contribution in [2.45, 2.75) is 12.5 Å². The van der Waals surface area contributed by atoms with Crippen LogP contribution in [0.4, 0.5) is 4.39 Å². The molecule has 0 radical (unpaired) electrons. The molecular formula is C11H13FN4. The summed E-state index contributed by atoms with van der Waals surface area (Å²) in [5.41, 5.74) is 6.29. The summed E-state index contributed by atoms with van der Waals surface area (Å²) in [6.45, 7) is 0.915. The molecule has 0 aliphatic heterocycles. The number of aromatic nitrogens is 3. The Morgan fingerprint density at radius 1 is 1.38 bits per heavy atom. The van der Waals surface area contributed by atoms with Crippen LogP contribution in [0.1, 0.15) is 11.5 Å². The van der Waals surface area contributed by atoms with Gasteiger partial charge in [0.1, 0.15) is 18.5 Å². The van der Waals surface area contributed by atoms with Gasteiger partial charge in [-0.3, -0.25) is 4.68 Å². The van der Waals surface area contributed by atoms with E-state index in [0.29, 0.717) is 18.7 Å². The van der Waals surface area contributed by atoms with Crippen LogP contribution < -0.4 is 5.73 Å². The van der Waals surface area contributed by atoms with Crippen molar-refractivity contribution >= 4 is 0 Å². The van der Waals surface area contributed by atoms with Gasteiger partial charge in [0.15, 0.2) is 0 Å². The van der Waals surface area contributed by atoms with Gasteiger partial charge in [-0.05, 0) is 11.6 Å². The summed E-state index contributed by atoms with van der Waals surface area (Å²) in [7, 11) is 0. The first-order valence-corrected chi connectivity index (χ1v) is 5.08. The van der Waals surface area contributed by atoms with Crippen molar-refractivity contribution in [3.05, 3.63) is 48.3 Å². The maximum Gasteiger partial charge on any atom is 0.137 e. The van der Waals surface area contributed by atoms with E-state index in [1.807, 2.05) is 6.07 Å². The molecule has 1 aromatic carbocycles. The fourth-order valence-electron chi connectivity index (χ4n) is 1.66. The first-order valence-electron chi connectivity index (χ1n) is 5.08. The molecule has 2 N–H and O–H groups in total. The lowest BCUT2D eigenvalue weighted by atomic mass is 9.99. The zero-order valence-corrected chi connectivity index (χ0v) is 8.75. The van der Waals surface area contributed by atoms with E-state index in [1.54, 1.807) is 23.1 Å². The lowest BCUT2D eigenvalue weighted by Gasteiger charge is -2.15. The minimum absolute atomic E-state index is 0.0806. The van der Waals surface area contributed by atoms with Crippen LogP contribution in [0.5, 0.6) is 0 Å². The number of rotatable bonds is 4. The lowest BCUT2D eigenvalue weighted by molar-refractivity contribution is 0.495. The van der Waals surface area contributed by atoms with Crippen LogP contribution >= 0.6 is 0 Å². The largest absolute Gasteiger partial charge is 0.330 e. The highest BCUT2D eigenvalue weighted by Gasteiger charge is 2.14. The van der Waals surface area contributed by atoms with Gasteiger partial charge in [0.25, 0.3) is 0 Å². The Morgan fingerprint density at radius 2 is 2.19 bits per heavy atom. The number of hydrogen-bond acceptors (Lipinski definition) is 3. The third-order valence-corrected chi connectivity index (χ3v) is 2.50. The molecule has 0 spiro atoms. The van der Waals surface area contributed by atoms with E-state index in [4.69, 9.17) is 5.73 Å². The van der Waals surface area contributed by atoms with Gasteiger partial charge in [0.05, 0.1) is 6.54 Å². The Hall–Kier alpha value is -1.75. The topological polar surface area (TPSA) is 56.7 Å². The van der Waals surface area contributed by atoms with Crippen molar-refractivity contribution in [2.24, 2.45) is 5.73 Å². The highest BCUT2D eigenvalue weighted by molar-refractivity contribution is 5.21. The summed E-state index contributed by atoms with van der Waals surface area (Å²) in [6, 6.07) is 6.67. The van der Waals surface area contributed by atoms with E-state index < -0.39 is 0 Å². The average Bonchev–Trinajstić information content (AvgIpc) is 2.80. The summed E-state index contributed by atoms with van der Waals surface area (Å²) in [5.74, 6) is -0.305. The number of hydrogen-bond donors (Lipinski definition) is 1. The second kappa shape index (κ2) is 4.85. The molecule has 0 aliphatic carbocycles. The Kier molecular flexibility index (Phi) is 3.26. The van der Waals surface area contributed by atoms with Crippen molar-refractivity contribution in [3.8, 4) is 0 Å². The molecule has 1 heterocycles. The van der Waals surface area contributed by atoms with Gasteiger partial charge in [-0.25, -0.2) is 9.37 Å². The van der Waals surface area contributed by atoms with E-state index in [1.165, 1.54) is 12.4 Å². The predicted molar refractivity (Wildman–Crippen MR) is 58.2 cm³/mol. The van der Waals surface area contributed by atoms with Crippen LogP contribution in [0.15, 0.2) is 36.9 Å². The fourth-order valence-corrected chi connectivity index (χ4v) is 1.66. The molecule has 84 valence electrons. The normalized spacial score (nSPS) is 12.6. The second-order valence-electron chi connectivity index (χ2n) is 3.57. The molecule has 16 heavy (non-hydrogen) atoms. The molecule has 5 heteroatoms. The molecule has 2 rings (SSSR count). The fraction of sp³-hybridized carbons (Fsp3) is 0.273.